The first-order chi connectivity index (χ1) is 12.3. The van der Waals surface area contributed by atoms with Crippen molar-refractivity contribution in [3.05, 3.63) is 53.7 Å². The standard InChI is InChI=1S/C19H23N3O3S/c1-13(2)16-5-3-4-6-17(16)22-19(23)14-7-9-20-18(11-14)21-15-8-10-26(24,25)12-15/h3-7,9,11,13,15H,8,10,12H2,1-2H3,(H,20,21)(H,22,23). The average molecular weight is 373 g/mol. The summed E-state index contributed by atoms with van der Waals surface area (Å²) >= 11 is 0. The van der Waals surface area contributed by atoms with Crippen LogP contribution in [-0.4, -0.2) is 36.9 Å². The molecule has 7 heteroatoms. The van der Waals surface area contributed by atoms with Gasteiger partial charge in [-0.25, -0.2) is 13.4 Å². The van der Waals surface area contributed by atoms with Crippen molar-refractivity contribution in [2.45, 2.75) is 32.2 Å². The van der Waals surface area contributed by atoms with Gasteiger partial charge in [-0.1, -0.05) is 32.0 Å². The largest absolute Gasteiger partial charge is 0.366 e. The number of hydrogen-bond acceptors (Lipinski definition) is 5. The van der Waals surface area contributed by atoms with Gasteiger partial charge in [0.1, 0.15) is 5.82 Å². The van der Waals surface area contributed by atoms with Crippen LogP contribution in [0.15, 0.2) is 42.6 Å². The summed E-state index contributed by atoms with van der Waals surface area (Å²) < 4.78 is 23.1. The molecule has 2 heterocycles. The molecule has 1 aromatic heterocycles. The van der Waals surface area contributed by atoms with Crippen LogP contribution in [0.1, 0.15) is 42.1 Å². The van der Waals surface area contributed by atoms with Gasteiger partial charge >= 0.3 is 0 Å². The molecule has 0 aliphatic carbocycles. The topological polar surface area (TPSA) is 88.2 Å². The van der Waals surface area contributed by atoms with E-state index in [9.17, 15) is 13.2 Å². The number of benzene rings is 1. The molecule has 1 amide bonds. The molecule has 2 N–H and O–H groups in total. The van der Waals surface area contributed by atoms with E-state index in [0.717, 1.165) is 11.3 Å². The number of rotatable bonds is 5. The summed E-state index contributed by atoms with van der Waals surface area (Å²) in [6, 6.07) is 10.9. The minimum Gasteiger partial charge on any atom is -0.366 e. The Balaban J connectivity index is 1.73. The van der Waals surface area contributed by atoms with Crippen molar-refractivity contribution < 1.29 is 13.2 Å². The van der Waals surface area contributed by atoms with Crippen LogP contribution in [0.4, 0.5) is 11.5 Å². The van der Waals surface area contributed by atoms with E-state index >= 15 is 0 Å². The van der Waals surface area contributed by atoms with Crippen molar-refractivity contribution in [1.29, 1.82) is 0 Å². The van der Waals surface area contributed by atoms with Crippen LogP contribution < -0.4 is 10.6 Å². The zero-order chi connectivity index (χ0) is 18.7. The third kappa shape index (κ3) is 4.40. The van der Waals surface area contributed by atoms with Gasteiger partial charge in [-0.2, -0.15) is 0 Å². The minimum absolute atomic E-state index is 0.104. The summed E-state index contributed by atoms with van der Waals surface area (Å²) in [6.45, 7) is 4.16. The maximum atomic E-state index is 12.6. The van der Waals surface area contributed by atoms with E-state index < -0.39 is 9.84 Å². The number of para-hydroxylation sites is 1. The van der Waals surface area contributed by atoms with Crippen molar-refractivity contribution in [3.63, 3.8) is 0 Å². The molecule has 138 valence electrons. The number of pyridine rings is 1. The quantitative estimate of drug-likeness (QED) is 0.841. The Morgan fingerprint density at radius 3 is 2.69 bits per heavy atom. The number of carbonyl (C=O) groups is 1. The number of anilines is 2. The predicted octanol–water partition coefficient (Wildman–Crippen LogP) is 3.06. The van der Waals surface area contributed by atoms with Crippen LogP contribution >= 0.6 is 0 Å². The molecule has 1 saturated heterocycles. The normalized spacial score (nSPS) is 18.7. The fraction of sp³-hybridized carbons (Fsp3) is 0.368. The maximum absolute atomic E-state index is 12.6. The molecule has 0 radical (unpaired) electrons. The third-order valence-corrected chi connectivity index (χ3v) is 6.21. The van der Waals surface area contributed by atoms with Crippen molar-refractivity contribution in [1.82, 2.24) is 4.98 Å². The van der Waals surface area contributed by atoms with E-state index in [4.69, 9.17) is 0 Å². The third-order valence-electron chi connectivity index (χ3n) is 4.44. The number of nitrogens with zero attached hydrogens (tertiary/aromatic N) is 1. The molecule has 1 fully saturated rings. The fourth-order valence-electron chi connectivity index (χ4n) is 3.08. The lowest BCUT2D eigenvalue weighted by Gasteiger charge is -2.15. The monoisotopic (exact) mass is 373 g/mol. The van der Waals surface area contributed by atoms with Gasteiger partial charge in [0, 0.05) is 23.5 Å². The van der Waals surface area contributed by atoms with Crippen LogP contribution in [-0.2, 0) is 9.84 Å². The van der Waals surface area contributed by atoms with Gasteiger partial charge in [0.05, 0.1) is 11.5 Å². The number of nitrogens with one attached hydrogen (secondary N) is 2. The van der Waals surface area contributed by atoms with Gasteiger partial charge in [-0.3, -0.25) is 4.79 Å². The second kappa shape index (κ2) is 7.45. The van der Waals surface area contributed by atoms with Crippen molar-refractivity contribution in [2.24, 2.45) is 0 Å². The Morgan fingerprint density at radius 1 is 1.23 bits per heavy atom. The Labute approximate surface area is 154 Å². The fourth-order valence-corrected chi connectivity index (χ4v) is 4.75. The summed E-state index contributed by atoms with van der Waals surface area (Å²) in [5, 5.41) is 6.07. The number of amides is 1. The van der Waals surface area contributed by atoms with Crippen LogP contribution in [0.5, 0.6) is 0 Å². The van der Waals surface area contributed by atoms with E-state index in [-0.39, 0.29) is 23.5 Å². The maximum Gasteiger partial charge on any atom is 0.255 e. The molecule has 1 atom stereocenters. The summed E-state index contributed by atoms with van der Waals surface area (Å²) in [5.41, 5.74) is 2.34. The molecule has 3 rings (SSSR count). The van der Waals surface area contributed by atoms with E-state index in [1.807, 2.05) is 24.3 Å². The van der Waals surface area contributed by atoms with Gasteiger partial charge in [-0.15, -0.1) is 0 Å². The highest BCUT2D eigenvalue weighted by Crippen LogP contribution is 2.24. The highest BCUT2D eigenvalue weighted by molar-refractivity contribution is 7.91. The smallest absolute Gasteiger partial charge is 0.255 e. The SMILES string of the molecule is CC(C)c1ccccc1NC(=O)c1ccnc(NC2CCS(=O)(=O)C2)c1. The number of sulfone groups is 1. The van der Waals surface area contributed by atoms with Crippen LogP contribution in [0.2, 0.25) is 0 Å². The van der Waals surface area contributed by atoms with Crippen molar-refractivity contribution in [2.75, 3.05) is 22.1 Å². The molecule has 26 heavy (non-hydrogen) atoms. The first kappa shape index (κ1) is 18.4. The minimum atomic E-state index is -2.97. The van der Waals surface area contributed by atoms with Gasteiger partial charge in [0.25, 0.3) is 5.91 Å². The first-order valence-corrected chi connectivity index (χ1v) is 10.5. The van der Waals surface area contributed by atoms with Gasteiger partial charge < -0.3 is 10.6 Å². The highest BCUT2D eigenvalue weighted by Gasteiger charge is 2.28. The Kier molecular flexibility index (Phi) is 5.27. The summed E-state index contributed by atoms with van der Waals surface area (Å²) in [7, 11) is -2.97. The first-order valence-electron chi connectivity index (χ1n) is 8.67. The Bertz CT molecular complexity index is 910. The zero-order valence-electron chi connectivity index (χ0n) is 14.9. The van der Waals surface area contributed by atoms with E-state index in [2.05, 4.69) is 29.5 Å². The second-order valence-electron chi connectivity index (χ2n) is 6.87. The van der Waals surface area contributed by atoms with Crippen LogP contribution in [0.25, 0.3) is 0 Å². The molecule has 6 nitrogen and oxygen atoms in total. The van der Waals surface area contributed by atoms with Crippen LogP contribution in [0, 0.1) is 0 Å². The molecule has 1 unspecified atom stereocenters. The zero-order valence-corrected chi connectivity index (χ0v) is 15.7. The second-order valence-corrected chi connectivity index (χ2v) is 9.10. The lowest BCUT2D eigenvalue weighted by molar-refractivity contribution is 0.102. The summed E-state index contributed by atoms with van der Waals surface area (Å²) in [6.07, 6.45) is 2.11. The van der Waals surface area contributed by atoms with Gasteiger partial charge in [-0.05, 0) is 36.1 Å². The number of aromatic nitrogens is 1. The lowest BCUT2D eigenvalue weighted by Crippen LogP contribution is -2.21. The van der Waals surface area contributed by atoms with Gasteiger partial charge in [0.2, 0.25) is 0 Å². The molecule has 1 aliphatic heterocycles. The Morgan fingerprint density at radius 2 is 2.00 bits per heavy atom. The number of carbonyl (C=O) groups excluding carboxylic acids is 1. The molecular weight excluding hydrogens is 350 g/mol. The lowest BCUT2D eigenvalue weighted by atomic mass is 10.0. The summed E-state index contributed by atoms with van der Waals surface area (Å²) in [5.74, 6) is 0.883. The summed E-state index contributed by atoms with van der Waals surface area (Å²) in [4.78, 5) is 16.8. The van der Waals surface area contributed by atoms with E-state index in [1.165, 1.54) is 0 Å². The van der Waals surface area contributed by atoms with Crippen LogP contribution in [0.3, 0.4) is 0 Å². The molecule has 0 bridgehead atoms. The average Bonchev–Trinajstić information content (AvgIpc) is 2.94. The molecule has 1 aliphatic rings. The molecule has 2 aromatic rings. The predicted molar refractivity (Wildman–Crippen MR) is 103 cm³/mol. The molecule has 0 spiro atoms. The number of hydrogen-bond donors (Lipinski definition) is 2. The molecule has 0 saturated carbocycles. The van der Waals surface area contributed by atoms with Gasteiger partial charge in [0.15, 0.2) is 9.84 Å². The molecular formula is C19H23N3O3S. The Hall–Kier alpha value is -2.41. The molecule has 1 aromatic carbocycles. The highest BCUT2D eigenvalue weighted by atomic mass is 32.2. The van der Waals surface area contributed by atoms with Crippen molar-refractivity contribution in [3.8, 4) is 0 Å². The van der Waals surface area contributed by atoms with E-state index in [0.29, 0.717) is 23.7 Å². The van der Waals surface area contributed by atoms with Crippen molar-refractivity contribution >= 4 is 27.2 Å². The van der Waals surface area contributed by atoms with E-state index in [1.54, 1.807) is 18.3 Å².